The molecule has 0 aliphatic carbocycles. The molecular weight excluding hydrogens is 411 g/mol. The van der Waals surface area contributed by atoms with Crippen molar-refractivity contribution >= 4 is 28.8 Å². The summed E-state index contributed by atoms with van der Waals surface area (Å²) in [5, 5.41) is 5.07. The minimum atomic E-state index is -0.688. The molecule has 0 atom stereocenters. The number of hydrogen-bond donors (Lipinski definition) is 2. The van der Waals surface area contributed by atoms with E-state index in [1.807, 2.05) is 31.2 Å². The maximum absolute atomic E-state index is 14.2. The second kappa shape index (κ2) is 8.81. The van der Waals surface area contributed by atoms with E-state index >= 15 is 0 Å². The number of nitrogens with one attached hydrogen (secondary N) is 2. The highest BCUT2D eigenvalue weighted by atomic mass is 19.1. The summed E-state index contributed by atoms with van der Waals surface area (Å²) in [5.41, 5.74) is 1.51. The van der Waals surface area contributed by atoms with Gasteiger partial charge >= 0.3 is 0 Å². The number of aryl methyl sites for hydroxylation is 1. The highest BCUT2D eigenvalue weighted by Crippen LogP contribution is 2.20. The molecule has 2 N–H and O–H groups in total. The van der Waals surface area contributed by atoms with Crippen molar-refractivity contribution in [1.29, 1.82) is 0 Å². The number of halogens is 1. The molecular formula is C24H19FN4O3. The van der Waals surface area contributed by atoms with Crippen LogP contribution in [0.4, 0.5) is 15.8 Å². The summed E-state index contributed by atoms with van der Waals surface area (Å²) in [6, 6.07) is 16.3. The highest BCUT2D eigenvalue weighted by molar-refractivity contribution is 6.04. The Morgan fingerprint density at radius 1 is 1.03 bits per heavy atom. The largest absolute Gasteiger partial charge is 0.323 e. The van der Waals surface area contributed by atoms with Crippen LogP contribution in [0.15, 0.2) is 77.9 Å². The number of rotatable bonds is 5. The van der Waals surface area contributed by atoms with Crippen molar-refractivity contribution in [3.63, 3.8) is 0 Å². The number of benzene rings is 2. The number of nitrogens with zero attached hydrogens (tertiary/aromatic N) is 2. The van der Waals surface area contributed by atoms with Gasteiger partial charge in [-0.15, -0.1) is 0 Å². The summed E-state index contributed by atoms with van der Waals surface area (Å²) >= 11 is 0. The van der Waals surface area contributed by atoms with Crippen molar-refractivity contribution in [2.45, 2.75) is 13.3 Å². The van der Waals surface area contributed by atoms with Gasteiger partial charge in [-0.05, 0) is 42.3 Å². The van der Waals surface area contributed by atoms with E-state index in [1.165, 1.54) is 22.7 Å². The number of carbonyl (C=O) groups excluding carboxylic acids is 2. The lowest BCUT2D eigenvalue weighted by Crippen LogP contribution is -2.26. The monoisotopic (exact) mass is 430 g/mol. The number of carbonyl (C=O) groups is 2. The third-order valence-electron chi connectivity index (χ3n) is 4.80. The minimum absolute atomic E-state index is 0.0762. The maximum atomic E-state index is 14.2. The lowest BCUT2D eigenvalue weighted by Gasteiger charge is -2.10. The predicted molar refractivity (Wildman–Crippen MR) is 119 cm³/mol. The fraction of sp³-hybridized carbons (Fsp3) is 0.0833. The Hall–Kier alpha value is -4.33. The van der Waals surface area contributed by atoms with E-state index in [0.717, 1.165) is 17.2 Å². The van der Waals surface area contributed by atoms with Crippen molar-refractivity contribution in [1.82, 2.24) is 9.38 Å². The normalized spacial score (nSPS) is 10.7. The van der Waals surface area contributed by atoms with E-state index in [9.17, 15) is 18.8 Å². The van der Waals surface area contributed by atoms with Gasteiger partial charge in [-0.1, -0.05) is 36.4 Å². The molecule has 4 aromatic rings. The highest BCUT2D eigenvalue weighted by Gasteiger charge is 2.15. The first kappa shape index (κ1) is 20.9. The molecule has 2 amide bonds. The summed E-state index contributed by atoms with van der Waals surface area (Å²) in [4.78, 5) is 41.8. The van der Waals surface area contributed by atoms with Gasteiger partial charge < -0.3 is 10.6 Å². The summed E-state index contributed by atoms with van der Waals surface area (Å²) in [5.74, 6) is -1.73. The fourth-order valence-electron chi connectivity index (χ4n) is 3.21. The van der Waals surface area contributed by atoms with Crippen LogP contribution in [-0.4, -0.2) is 21.2 Å². The average molecular weight is 430 g/mol. The summed E-state index contributed by atoms with van der Waals surface area (Å²) in [7, 11) is 0. The Morgan fingerprint density at radius 3 is 2.59 bits per heavy atom. The number of aromatic nitrogens is 2. The molecule has 0 radical (unpaired) electrons. The van der Waals surface area contributed by atoms with E-state index in [2.05, 4.69) is 15.6 Å². The molecule has 0 saturated carbocycles. The molecule has 0 spiro atoms. The first-order valence-electron chi connectivity index (χ1n) is 9.83. The van der Waals surface area contributed by atoms with E-state index in [0.29, 0.717) is 5.65 Å². The first-order chi connectivity index (χ1) is 15.4. The molecule has 32 heavy (non-hydrogen) atoms. The SMILES string of the molecule is Cc1ccc2ncc(C(=O)Nc3ccc(F)c(NC(=O)Cc4ccccc4)c3)c(=O)n2c1. The molecule has 0 aliphatic heterocycles. The maximum Gasteiger partial charge on any atom is 0.270 e. The van der Waals surface area contributed by atoms with Gasteiger partial charge in [0.2, 0.25) is 5.91 Å². The van der Waals surface area contributed by atoms with Crippen molar-refractivity contribution in [3.05, 3.63) is 106 Å². The standard InChI is InChI=1S/C24H19FN4O3/c1-15-7-10-21-26-13-18(24(32)29(21)14-15)23(31)27-17-8-9-19(25)20(12-17)28-22(30)11-16-5-3-2-4-6-16/h2-10,12-14H,11H2,1H3,(H,27,31)(H,28,30). The molecule has 2 aromatic carbocycles. The Balaban J connectivity index is 1.53. The van der Waals surface area contributed by atoms with Crippen LogP contribution < -0.4 is 16.2 Å². The third kappa shape index (κ3) is 4.54. The van der Waals surface area contributed by atoms with Gasteiger partial charge in [0.1, 0.15) is 17.0 Å². The number of hydrogen-bond acceptors (Lipinski definition) is 4. The Morgan fingerprint density at radius 2 is 1.81 bits per heavy atom. The van der Waals surface area contributed by atoms with Crippen LogP contribution in [0.5, 0.6) is 0 Å². The number of anilines is 2. The number of pyridine rings is 1. The Bertz CT molecular complexity index is 1380. The van der Waals surface area contributed by atoms with Gasteiger partial charge in [0.15, 0.2) is 0 Å². The van der Waals surface area contributed by atoms with Crippen molar-refractivity contribution in [2.75, 3.05) is 10.6 Å². The smallest absolute Gasteiger partial charge is 0.270 e. The molecule has 2 aromatic heterocycles. The zero-order valence-electron chi connectivity index (χ0n) is 17.1. The fourth-order valence-corrected chi connectivity index (χ4v) is 3.21. The lowest BCUT2D eigenvalue weighted by molar-refractivity contribution is -0.115. The Labute approximate surface area is 182 Å². The summed E-state index contributed by atoms with van der Waals surface area (Å²) < 4.78 is 15.5. The second-order valence-corrected chi connectivity index (χ2v) is 7.27. The third-order valence-corrected chi connectivity index (χ3v) is 4.80. The van der Waals surface area contributed by atoms with Gasteiger partial charge in [-0.3, -0.25) is 18.8 Å². The van der Waals surface area contributed by atoms with E-state index < -0.39 is 23.2 Å². The van der Waals surface area contributed by atoms with Crippen LogP contribution >= 0.6 is 0 Å². The Kier molecular flexibility index (Phi) is 5.76. The van der Waals surface area contributed by atoms with Gasteiger partial charge in [0.05, 0.1) is 12.1 Å². The molecule has 7 nitrogen and oxygen atoms in total. The van der Waals surface area contributed by atoms with Gasteiger partial charge in [0, 0.05) is 18.1 Å². The van der Waals surface area contributed by atoms with Gasteiger partial charge in [-0.25, -0.2) is 9.37 Å². The number of fused-ring (bicyclic) bond motifs is 1. The van der Waals surface area contributed by atoms with E-state index in [-0.39, 0.29) is 23.4 Å². The van der Waals surface area contributed by atoms with Gasteiger partial charge in [-0.2, -0.15) is 0 Å². The topological polar surface area (TPSA) is 92.6 Å². The van der Waals surface area contributed by atoms with Crippen molar-refractivity contribution in [3.8, 4) is 0 Å². The molecule has 0 aliphatic rings. The molecule has 160 valence electrons. The number of amides is 2. The van der Waals surface area contributed by atoms with Crippen LogP contribution in [0, 0.1) is 12.7 Å². The van der Waals surface area contributed by atoms with Crippen LogP contribution in [-0.2, 0) is 11.2 Å². The van der Waals surface area contributed by atoms with Crippen molar-refractivity contribution < 1.29 is 14.0 Å². The van der Waals surface area contributed by atoms with Crippen molar-refractivity contribution in [2.24, 2.45) is 0 Å². The molecule has 0 fully saturated rings. The van der Waals surface area contributed by atoms with Crippen LogP contribution in [0.3, 0.4) is 0 Å². The van der Waals surface area contributed by atoms with E-state index in [4.69, 9.17) is 0 Å². The zero-order valence-corrected chi connectivity index (χ0v) is 17.1. The first-order valence-corrected chi connectivity index (χ1v) is 9.83. The summed E-state index contributed by atoms with van der Waals surface area (Å²) in [6.45, 7) is 1.82. The zero-order chi connectivity index (χ0) is 22.7. The average Bonchev–Trinajstić information content (AvgIpc) is 2.77. The molecule has 2 heterocycles. The molecule has 0 bridgehead atoms. The molecule has 4 rings (SSSR count). The molecule has 0 unspecified atom stereocenters. The van der Waals surface area contributed by atoms with Crippen LogP contribution in [0.1, 0.15) is 21.5 Å². The predicted octanol–water partition coefficient (Wildman–Crippen LogP) is 3.58. The van der Waals surface area contributed by atoms with Gasteiger partial charge in [0.25, 0.3) is 11.5 Å². The molecule has 0 saturated heterocycles. The quantitative estimate of drug-likeness (QED) is 0.506. The molecule has 8 heteroatoms. The second-order valence-electron chi connectivity index (χ2n) is 7.27. The minimum Gasteiger partial charge on any atom is -0.323 e. The lowest BCUT2D eigenvalue weighted by atomic mass is 10.1. The van der Waals surface area contributed by atoms with E-state index in [1.54, 1.807) is 24.4 Å². The van der Waals surface area contributed by atoms with Crippen LogP contribution in [0.25, 0.3) is 5.65 Å². The van der Waals surface area contributed by atoms with Crippen LogP contribution in [0.2, 0.25) is 0 Å². The summed E-state index contributed by atoms with van der Waals surface area (Å²) in [6.07, 6.45) is 2.88.